The first-order chi connectivity index (χ1) is 6.81. The molecular weight excluding hydrogens is 178 g/mol. The number of hydrogen-bond donors (Lipinski definition) is 1. The molecule has 2 rings (SSSR count). The fourth-order valence-electron chi connectivity index (χ4n) is 1.41. The van der Waals surface area contributed by atoms with Gasteiger partial charge in [0.05, 0.1) is 18.4 Å². The molecule has 0 aliphatic carbocycles. The van der Waals surface area contributed by atoms with Gasteiger partial charge in [0.2, 0.25) is 0 Å². The molecule has 0 unspecified atom stereocenters. The fraction of sp³-hybridized carbons (Fsp3) is 0.333. The first-order valence-electron chi connectivity index (χ1n) is 4.52. The maximum atomic E-state index is 5.44. The molecule has 0 spiro atoms. The van der Waals surface area contributed by atoms with Crippen molar-refractivity contribution in [2.75, 3.05) is 6.54 Å². The van der Waals surface area contributed by atoms with Gasteiger partial charge >= 0.3 is 0 Å². The minimum Gasteiger partial charge on any atom is -0.329 e. The maximum Gasteiger partial charge on any atom is 0.0710 e. The van der Waals surface area contributed by atoms with Crippen LogP contribution in [0.1, 0.15) is 0 Å². The number of nitrogens with two attached hydrogens (primary N) is 1. The normalized spacial score (nSPS) is 10.7. The average molecular weight is 191 g/mol. The molecule has 0 fully saturated rings. The molecular formula is C9H13N5. The van der Waals surface area contributed by atoms with E-state index in [0.29, 0.717) is 6.54 Å². The van der Waals surface area contributed by atoms with Crippen molar-refractivity contribution in [2.45, 2.75) is 6.54 Å². The number of rotatable bonds is 3. The van der Waals surface area contributed by atoms with Crippen molar-refractivity contribution < 1.29 is 0 Å². The molecule has 0 radical (unpaired) electrons. The lowest BCUT2D eigenvalue weighted by atomic mass is 10.2. The summed E-state index contributed by atoms with van der Waals surface area (Å²) in [4.78, 5) is 0. The number of aryl methyl sites for hydroxylation is 1. The van der Waals surface area contributed by atoms with E-state index in [9.17, 15) is 0 Å². The van der Waals surface area contributed by atoms with Crippen molar-refractivity contribution in [3.8, 4) is 11.3 Å². The van der Waals surface area contributed by atoms with Crippen LogP contribution in [0.15, 0.2) is 24.7 Å². The molecule has 2 heterocycles. The van der Waals surface area contributed by atoms with Crippen LogP contribution in [0.5, 0.6) is 0 Å². The van der Waals surface area contributed by atoms with Gasteiger partial charge in [0.15, 0.2) is 0 Å². The highest BCUT2D eigenvalue weighted by Crippen LogP contribution is 2.16. The van der Waals surface area contributed by atoms with Crippen LogP contribution >= 0.6 is 0 Å². The quantitative estimate of drug-likeness (QED) is 0.756. The Bertz CT molecular complexity index is 414. The standard InChI is InChI=1S/C9H13N5/c1-13-9(2-4-11-13)8-6-12-14(7-8)5-3-10/h2,4,6-7H,3,5,10H2,1H3. The Kier molecular flexibility index (Phi) is 2.32. The van der Waals surface area contributed by atoms with Crippen LogP contribution in [-0.2, 0) is 13.6 Å². The summed E-state index contributed by atoms with van der Waals surface area (Å²) < 4.78 is 3.66. The Balaban J connectivity index is 2.29. The van der Waals surface area contributed by atoms with Gasteiger partial charge in [-0.15, -0.1) is 0 Å². The van der Waals surface area contributed by atoms with E-state index in [1.807, 2.05) is 34.9 Å². The van der Waals surface area contributed by atoms with Crippen molar-refractivity contribution in [2.24, 2.45) is 12.8 Å². The predicted molar refractivity (Wildman–Crippen MR) is 53.5 cm³/mol. The van der Waals surface area contributed by atoms with E-state index in [4.69, 9.17) is 5.73 Å². The van der Waals surface area contributed by atoms with Crippen molar-refractivity contribution in [1.29, 1.82) is 0 Å². The Morgan fingerprint density at radius 3 is 2.93 bits per heavy atom. The predicted octanol–water partition coefficient (Wildman–Crippen LogP) is 0.242. The number of hydrogen-bond acceptors (Lipinski definition) is 3. The van der Waals surface area contributed by atoms with Crippen molar-refractivity contribution in [1.82, 2.24) is 19.6 Å². The molecule has 74 valence electrons. The Morgan fingerprint density at radius 1 is 1.43 bits per heavy atom. The van der Waals surface area contributed by atoms with Crippen molar-refractivity contribution in [3.63, 3.8) is 0 Å². The molecule has 5 nitrogen and oxygen atoms in total. The fourth-order valence-corrected chi connectivity index (χ4v) is 1.41. The van der Waals surface area contributed by atoms with Gasteiger partial charge in [-0.05, 0) is 6.07 Å². The molecule has 0 atom stereocenters. The summed E-state index contributed by atoms with van der Waals surface area (Å²) in [6, 6.07) is 1.96. The highest BCUT2D eigenvalue weighted by atomic mass is 15.3. The molecule has 5 heteroatoms. The third-order valence-corrected chi connectivity index (χ3v) is 2.11. The molecule has 2 aromatic heterocycles. The van der Waals surface area contributed by atoms with E-state index in [-0.39, 0.29) is 0 Å². The van der Waals surface area contributed by atoms with Gasteiger partial charge in [0.1, 0.15) is 0 Å². The first kappa shape index (κ1) is 8.96. The van der Waals surface area contributed by atoms with Gasteiger partial charge in [-0.3, -0.25) is 9.36 Å². The molecule has 0 aliphatic heterocycles. The van der Waals surface area contributed by atoms with Crippen LogP contribution in [0.3, 0.4) is 0 Å². The highest BCUT2D eigenvalue weighted by Gasteiger charge is 2.04. The summed E-state index contributed by atoms with van der Waals surface area (Å²) in [6.45, 7) is 1.35. The molecule has 0 aromatic carbocycles. The molecule has 0 bridgehead atoms. The van der Waals surface area contributed by atoms with Crippen molar-refractivity contribution >= 4 is 0 Å². The van der Waals surface area contributed by atoms with Gasteiger partial charge in [0, 0.05) is 31.5 Å². The summed E-state index contributed by atoms with van der Waals surface area (Å²) in [6.07, 6.45) is 5.58. The lowest BCUT2D eigenvalue weighted by molar-refractivity contribution is 0.625. The van der Waals surface area contributed by atoms with E-state index in [2.05, 4.69) is 10.2 Å². The largest absolute Gasteiger partial charge is 0.329 e. The van der Waals surface area contributed by atoms with Gasteiger partial charge in [0.25, 0.3) is 0 Å². The lowest BCUT2D eigenvalue weighted by Crippen LogP contribution is -2.09. The summed E-state index contributed by atoms with van der Waals surface area (Å²) in [5.74, 6) is 0. The summed E-state index contributed by atoms with van der Waals surface area (Å²) in [5, 5.41) is 8.30. The van der Waals surface area contributed by atoms with E-state index in [0.717, 1.165) is 17.8 Å². The van der Waals surface area contributed by atoms with Crippen LogP contribution in [0.25, 0.3) is 11.3 Å². The van der Waals surface area contributed by atoms with Crippen molar-refractivity contribution in [3.05, 3.63) is 24.7 Å². The minimum atomic E-state index is 0.604. The number of nitrogens with zero attached hydrogens (tertiary/aromatic N) is 4. The van der Waals surface area contributed by atoms with Gasteiger partial charge in [-0.2, -0.15) is 10.2 Å². The molecule has 14 heavy (non-hydrogen) atoms. The zero-order valence-electron chi connectivity index (χ0n) is 8.09. The Hall–Kier alpha value is -1.62. The van der Waals surface area contributed by atoms with E-state index < -0.39 is 0 Å². The van der Waals surface area contributed by atoms with Gasteiger partial charge in [-0.25, -0.2) is 0 Å². The minimum absolute atomic E-state index is 0.604. The summed E-state index contributed by atoms with van der Waals surface area (Å²) >= 11 is 0. The molecule has 0 saturated carbocycles. The monoisotopic (exact) mass is 191 g/mol. The van der Waals surface area contributed by atoms with E-state index in [1.54, 1.807) is 6.20 Å². The van der Waals surface area contributed by atoms with E-state index >= 15 is 0 Å². The Morgan fingerprint density at radius 2 is 2.29 bits per heavy atom. The van der Waals surface area contributed by atoms with Gasteiger partial charge < -0.3 is 5.73 Å². The molecule has 0 saturated heterocycles. The molecule has 2 aromatic rings. The lowest BCUT2D eigenvalue weighted by Gasteiger charge is -1.97. The zero-order valence-corrected chi connectivity index (χ0v) is 8.09. The van der Waals surface area contributed by atoms with Crippen LogP contribution in [0.2, 0.25) is 0 Å². The zero-order chi connectivity index (χ0) is 9.97. The van der Waals surface area contributed by atoms with Crippen LogP contribution in [0.4, 0.5) is 0 Å². The topological polar surface area (TPSA) is 61.7 Å². The second kappa shape index (κ2) is 3.63. The first-order valence-corrected chi connectivity index (χ1v) is 4.52. The second-order valence-corrected chi connectivity index (χ2v) is 3.12. The Labute approximate surface area is 82.1 Å². The van der Waals surface area contributed by atoms with Crippen LogP contribution in [0, 0.1) is 0 Å². The highest BCUT2D eigenvalue weighted by molar-refractivity contribution is 5.56. The number of aromatic nitrogens is 4. The molecule has 0 amide bonds. The summed E-state index contributed by atoms with van der Waals surface area (Å²) in [5.41, 5.74) is 7.57. The van der Waals surface area contributed by atoms with Crippen LogP contribution < -0.4 is 5.73 Å². The third kappa shape index (κ3) is 1.54. The van der Waals surface area contributed by atoms with E-state index in [1.165, 1.54) is 0 Å². The molecule has 2 N–H and O–H groups in total. The van der Waals surface area contributed by atoms with Gasteiger partial charge in [-0.1, -0.05) is 0 Å². The maximum absolute atomic E-state index is 5.44. The average Bonchev–Trinajstić information content (AvgIpc) is 2.74. The molecule has 0 aliphatic rings. The second-order valence-electron chi connectivity index (χ2n) is 3.12. The third-order valence-electron chi connectivity index (χ3n) is 2.11. The SMILES string of the molecule is Cn1nccc1-c1cnn(CCN)c1. The summed E-state index contributed by atoms with van der Waals surface area (Å²) in [7, 11) is 1.91. The van der Waals surface area contributed by atoms with Crippen LogP contribution in [-0.4, -0.2) is 26.1 Å². The smallest absolute Gasteiger partial charge is 0.0710 e.